The average Bonchev–Trinajstić information content (AvgIpc) is 3.52. The SMILES string of the molecule is CC(C)CC(=O)Nc1cncc(-c2cc3c(-c4nc5nccc(-c6ccncc6)c5[nH]4)n[nH]c3cn2)c1. The molecule has 10 heteroatoms. The fourth-order valence-electron chi connectivity index (χ4n) is 4.28. The van der Waals surface area contributed by atoms with E-state index in [0.29, 0.717) is 35.0 Å². The third-order valence-electron chi connectivity index (χ3n) is 5.97. The lowest BCUT2D eigenvalue weighted by Crippen LogP contribution is -2.13. The van der Waals surface area contributed by atoms with Gasteiger partial charge in [-0.2, -0.15) is 5.10 Å². The Morgan fingerprint density at radius 2 is 1.84 bits per heavy atom. The first-order chi connectivity index (χ1) is 18.0. The van der Waals surface area contributed by atoms with Crippen LogP contribution in [0.15, 0.2) is 67.5 Å². The van der Waals surface area contributed by atoms with Crippen LogP contribution in [0.5, 0.6) is 0 Å². The molecule has 0 aliphatic rings. The molecular formula is C27H23N9O. The smallest absolute Gasteiger partial charge is 0.224 e. The highest BCUT2D eigenvalue weighted by molar-refractivity contribution is 5.97. The van der Waals surface area contributed by atoms with Crippen LogP contribution in [0, 0.1) is 5.92 Å². The Hall–Kier alpha value is -4.99. The van der Waals surface area contributed by atoms with Gasteiger partial charge in [0.25, 0.3) is 0 Å². The van der Waals surface area contributed by atoms with Gasteiger partial charge < -0.3 is 10.3 Å². The molecule has 37 heavy (non-hydrogen) atoms. The third kappa shape index (κ3) is 4.40. The topological polar surface area (TPSA) is 138 Å². The first-order valence-corrected chi connectivity index (χ1v) is 11.9. The van der Waals surface area contributed by atoms with Gasteiger partial charge >= 0.3 is 0 Å². The zero-order valence-electron chi connectivity index (χ0n) is 20.2. The third-order valence-corrected chi connectivity index (χ3v) is 5.97. The first-order valence-electron chi connectivity index (χ1n) is 11.9. The van der Waals surface area contributed by atoms with E-state index in [-0.39, 0.29) is 11.8 Å². The van der Waals surface area contributed by atoms with E-state index in [2.05, 4.69) is 40.4 Å². The molecule has 182 valence electrons. The van der Waals surface area contributed by atoms with E-state index in [1.165, 1.54) is 0 Å². The van der Waals surface area contributed by atoms with Crippen LogP contribution >= 0.6 is 0 Å². The molecular weight excluding hydrogens is 466 g/mol. The van der Waals surface area contributed by atoms with Crippen LogP contribution < -0.4 is 5.32 Å². The molecule has 0 unspecified atom stereocenters. The van der Waals surface area contributed by atoms with Gasteiger partial charge in [0.15, 0.2) is 11.5 Å². The Bertz CT molecular complexity index is 1740. The number of aromatic amines is 2. The molecule has 6 aromatic rings. The van der Waals surface area contributed by atoms with Gasteiger partial charge in [-0.25, -0.2) is 9.97 Å². The average molecular weight is 490 g/mol. The molecule has 6 heterocycles. The number of hydrogen-bond acceptors (Lipinski definition) is 7. The Morgan fingerprint density at radius 3 is 2.68 bits per heavy atom. The molecule has 3 N–H and O–H groups in total. The molecule has 6 aromatic heterocycles. The summed E-state index contributed by atoms with van der Waals surface area (Å²) in [7, 11) is 0. The molecule has 0 saturated heterocycles. The predicted octanol–water partition coefficient (Wildman–Crippen LogP) is 5.00. The molecule has 0 atom stereocenters. The summed E-state index contributed by atoms with van der Waals surface area (Å²) in [4.78, 5) is 37.8. The number of anilines is 1. The standard InChI is InChI=1S/C27H23N9O/c1-15(2)9-23(37)32-18-10-17(12-29-13-18)21-11-20-22(14-31-21)35-36-25(20)27-33-24-19(5-8-30-26(24)34-27)16-3-6-28-7-4-16/h3-8,10-15H,9H2,1-2H3,(H,32,37)(H,35,36)(H,30,33,34). The Morgan fingerprint density at radius 1 is 0.973 bits per heavy atom. The van der Waals surface area contributed by atoms with E-state index in [0.717, 1.165) is 33.1 Å². The van der Waals surface area contributed by atoms with Gasteiger partial charge in [-0.15, -0.1) is 0 Å². The van der Waals surface area contributed by atoms with Crippen molar-refractivity contribution in [3.63, 3.8) is 0 Å². The summed E-state index contributed by atoms with van der Waals surface area (Å²) in [6, 6.07) is 9.65. The monoisotopic (exact) mass is 489 g/mol. The van der Waals surface area contributed by atoms with E-state index in [1.54, 1.807) is 37.2 Å². The predicted molar refractivity (Wildman–Crippen MR) is 141 cm³/mol. The number of H-pyrrole nitrogens is 2. The van der Waals surface area contributed by atoms with Gasteiger partial charge in [0.05, 0.1) is 34.8 Å². The van der Waals surface area contributed by atoms with Crippen LogP contribution in [0.4, 0.5) is 5.69 Å². The Kier molecular flexibility index (Phi) is 5.61. The van der Waals surface area contributed by atoms with Crippen LogP contribution in [0.2, 0.25) is 0 Å². The van der Waals surface area contributed by atoms with Crippen LogP contribution in [0.3, 0.4) is 0 Å². The van der Waals surface area contributed by atoms with Crippen LogP contribution in [0.25, 0.3) is 56.0 Å². The van der Waals surface area contributed by atoms with Gasteiger partial charge in [-0.05, 0) is 41.8 Å². The maximum Gasteiger partial charge on any atom is 0.224 e. The largest absolute Gasteiger partial charge is 0.335 e. The number of nitrogens with zero attached hydrogens (tertiary/aromatic N) is 6. The zero-order valence-corrected chi connectivity index (χ0v) is 20.2. The van der Waals surface area contributed by atoms with Crippen molar-refractivity contribution in [2.75, 3.05) is 5.32 Å². The molecule has 0 radical (unpaired) electrons. The highest BCUT2D eigenvalue weighted by Gasteiger charge is 2.17. The van der Waals surface area contributed by atoms with Crippen molar-refractivity contribution in [2.45, 2.75) is 20.3 Å². The summed E-state index contributed by atoms with van der Waals surface area (Å²) in [6.45, 7) is 4.02. The van der Waals surface area contributed by atoms with E-state index >= 15 is 0 Å². The van der Waals surface area contributed by atoms with Crippen molar-refractivity contribution >= 4 is 33.7 Å². The van der Waals surface area contributed by atoms with Crippen LogP contribution in [-0.4, -0.2) is 46.0 Å². The minimum atomic E-state index is -0.0425. The summed E-state index contributed by atoms with van der Waals surface area (Å²) in [6.07, 6.45) is 10.8. The van der Waals surface area contributed by atoms with E-state index < -0.39 is 0 Å². The Balaban J connectivity index is 1.38. The minimum Gasteiger partial charge on any atom is -0.335 e. The lowest BCUT2D eigenvalue weighted by Gasteiger charge is -2.08. The number of fused-ring (bicyclic) bond motifs is 2. The van der Waals surface area contributed by atoms with Crippen molar-refractivity contribution < 1.29 is 4.79 Å². The van der Waals surface area contributed by atoms with Gasteiger partial charge in [0, 0.05) is 47.7 Å². The summed E-state index contributed by atoms with van der Waals surface area (Å²) >= 11 is 0. The summed E-state index contributed by atoms with van der Waals surface area (Å²) in [5.74, 6) is 0.827. The van der Waals surface area contributed by atoms with Gasteiger partial charge in [-0.1, -0.05) is 13.8 Å². The number of carbonyl (C=O) groups excluding carboxylic acids is 1. The molecule has 0 aromatic carbocycles. The lowest BCUT2D eigenvalue weighted by molar-refractivity contribution is -0.116. The number of aromatic nitrogens is 8. The molecule has 0 saturated carbocycles. The summed E-state index contributed by atoms with van der Waals surface area (Å²) in [5, 5.41) is 11.3. The quantitative estimate of drug-likeness (QED) is 0.299. The normalized spacial score (nSPS) is 11.4. The van der Waals surface area contributed by atoms with Gasteiger partial charge in [0.1, 0.15) is 5.69 Å². The number of imidazole rings is 1. The fraction of sp³-hybridized carbons (Fsp3) is 0.148. The summed E-state index contributed by atoms with van der Waals surface area (Å²) < 4.78 is 0. The van der Waals surface area contributed by atoms with Crippen LogP contribution in [-0.2, 0) is 4.79 Å². The number of rotatable bonds is 6. The fourth-order valence-corrected chi connectivity index (χ4v) is 4.28. The van der Waals surface area contributed by atoms with Crippen molar-refractivity contribution in [1.29, 1.82) is 0 Å². The number of pyridine rings is 4. The van der Waals surface area contributed by atoms with Crippen LogP contribution in [0.1, 0.15) is 20.3 Å². The second-order valence-corrected chi connectivity index (χ2v) is 9.17. The molecule has 0 bridgehead atoms. The number of amides is 1. The highest BCUT2D eigenvalue weighted by Crippen LogP contribution is 2.32. The molecule has 10 nitrogen and oxygen atoms in total. The molecule has 6 rings (SSSR count). The Labute approximate surface area is 211 Å². The van der Waals surface area contributed by atoms with E-state index in [1.807, 2.05) is 44.2 Å². The second-order valence-electron chi connectivity index (χ2n) is 9.17. The van der Waals surface area contributed by atoms with Crippen molar-refractivity contribution in [1.82, 2.24) is 40.1 Å². The van der Waals surface area contributed by atoms with E-state index in [9.17, 15) is 4.79 Å². The molecule has 0 fully saturated rings. The number of hydrogen-bond donors (Lipinski definition) is 3. The maximum atomic E-state index is 12.2. The summed E-state index contributed by atoms with van der Waals surface area (Å²) in [5.41, 5.74) is 6.97. The molecule has 0 aliphatic carbocycles. The molecule has 1 amide bonds. The zero-order chi connectivity index (χ0) is 25.4. The van der Waals surface area contributed by atoms with Crippen molar-refractivity contribution in [2.24, 2.45) is 5.92 Å². The van der Waals surface area contributed by atoms with Crippen molar-refractivity contribution in [3.05, 3.63) is 67.5 Å². The van der Waals surface area contributed by atoms with E-state index in [4.69, 9.17) is 4.98 Å². The first kappa shape index (κ1) is 22.5. The minimum absolute atomic E-state index is 0.0425. The maximum absolute atomic E-state index is 12.2. The molecule has 0 spiro atoms. The van der Waals surface area contributed by atoms with Gasteiger partial charge in [-0.3, -0.25) is 24.8 Å². The molecule has 0 aliphatic heterocycles. The lowest BCUT2D eigenvalue weighted by atomic mass is 10.1. The van der Waals surface area contributed by atoms with Gasteiger partial charge in [0.2, 0.25) is 5.91 Å². The second kappa shape index (κ2) is 9.23. The number of nitrogens with one attached hydrogen (secondary N) is 3. The highest BCUT2D eigenvalue weighted by atomic mass is 16.1. The number of carbonyl (C=O) groups is 1. The van der Waals surface area contributed by atoms with Crippen molar-refractivity contribution in [3.8, 4) is 33.9 Å².